The van der Waals surface area contributed by atoms with E-state index in [-0.39, 0.29) is 24.1 Å². The Kier molecular flexibility index (Phi) is 4.37. The molecule has 0 saturated carbocycles. The fraction of sp³-hybridized carbons (Fsp3) is 0.222. The van der Waals surface area contributed by atoms with Gasteiger partial charge in [-0.2, -0.15) is 0 Å². The third kappa shape index (κ3) is 2.60. The second-order valence-corrected chi connectivity index (χ2v) is 2.97. The maximum Gasteiger partial charge on any atom is 0.147 e. The molecule has 0 heterocycles. The van der Waals surface area contributed by atoms with Crippen LogP contribution in [0.1, 0.15) is 5.56 Å². The van der Waals surface area contributed by atoms with E-state index in [0.717, 1.165) is 0 Å². The first-order chi connectivity index (χ1) is 6.02. The van der Waals surface area contributed by atoms with Crippen LogP contribution >= 0.6 is 12.4 Å². The number of nitrogens with one attached hydrogen (secondary N) is 1. The van der Waals surface area contributed by atoms with Gasteiger partial charge in [-0.05, 0) is 18.2 Å². The largest absolute Gasteiger partial charge is 0.384 e. The summed E-state index contributed by atoms with van der Waals surface area (Å²) < 4.78 is 13.3. The van der Waals surface area contributed by atoms with Gasteiger partial charge in [-0.1, -0.05) is 0 Å². The van der Waals surface area contributed by atoms with Crippen molar-refractivity contribution in [2.24, 2.45) is 5.73 Å². The van der Waals surface area contributed by atoms with Crippen molar-refractivity contribution in [3.8, 4) is 0 Å². The molecule has 0 aliphatic carbocycles. The average molecular weight is 218 g/mol. The van der Waals surface area contributed by atoms with E-state index < -0.39 is 0 Å². The van der Waals surface area contributed by atoms with E-state index in [4.69, 9.17) is 11.1 Å². The van der Waals surface area contributed by atoms with Gasteiger partial charge < -0.3 is 10.6 Å². The van der Waals surface area contributed by atoms with E-state index in [0.29, 0.717) is 11.3 Å². The lowest BCUT2D eigenvalue weighted by molar-refractivity contribution is 0.626. The van der Waals surface area contributed by atoms with Crippen LogP contribution in [0.2, 0.25) is 0 Å². The van der Waals surface area contributed by atoms with E-state index in [2.05, 4.69) is 0 Å². The fourth-order valence-corrected chi connectivity index (χ4v) is 1.04. The molecule has 78 valence electrons. The average Bonchev–Trinajstić information content (AvgIpc) is 2.03. The number of anilines is 1. The van der Waals surface area contributed by atoms with Gasteiger partial charge in [0.05, 0.1) is 5.69 Å². The number of nitrogens with zero attached hydrogens (tertiary/aromatic N) is 1. The van der Waals surface area contributed by atoms with Crippen molar-refractivity contribution in [2.75, 3.05) is 19.0 Å². The lowest BCUT2D eigenvalue weighted by Gasteiger charge is -2.13. The van der Waals surface area contributed by atoms with Crippen LogP contribution in [0.25, 0.3) is 0 Å². The highest BCUT2D eigenvalue weighted by Gasteiger charge is 2.05. The van der Waals surface area contributed by atoms with Crippen LogP contribution in [0.3, 0.4) is 0 Å². The third-order valence-electron chi connectivity index (χ3n) is 1.74. The highest BCUT2D eigenvalue weighted by molar-refractivity contribution is 5.95. The maximum atomic E-state index is 13.3. The molecule has 0 aliphatic heterocycles. The Bertz CT molecular complexity index is 339. The van der Waals surface area contributed by atoms with E-state index in [1.165, 1.54) is 6.07 Å². The topological polar surface area (TPSA) is 53.1 Å². The lowest BCUT2D eigenvalue weighted by Crippen LogP contribution is -2.14. The molecule has 5 heteroatoms. The molecule has 0 bridgehead atoms. The number of benzene rings is 1. The molecule has 0 amide bonds. The Morgan fingerprint density at radius 1 is 1.43 bits per heavy atom. The van der Waals surface area contributed by atoms with Crippen molar-refractivity contribution in [2.45, 2.75) is 0 Å². The van der Waals surface area contributed by atoms with Crippen molar-refractivity contribution in [1.29, 1.82) is 5.41 Å². The molecule has 3 N–H and O–H groups in total. The molecule has 0 fully saturated rings. The summed E-state index contributed by atoms with van der Waals surface area (Å²) in [5, 5.41) is 7.11. The summed E-state index contributed by atoms with van der Waals surface area (Å²) >= 11 is 0. The van der Waals surface area contributed by atoms with Crippen LogP contribution in [0.5, 0.6) is 0 Å². The van der Waals surface area contributed by atoms with E-state index in [1.54, 1.807) is 31.1 Å². The van der Waals surface area contributed by atoms with E-state index in [1.807, 2.05) is 0 Å². The number of nitrogens with two attached hydrogens (primary N) is 1. The maximum absolute atomic E-state index is 13.3. The molecule has 0 unspecified atom stereocenters. The van der Waals surface area contributed by atoms with Gasteiger partial charge in [0.15, 0.2) is 0 Å². The molecule has 14 heavy (non-hydrogen) atoms. The Hall–Kier alpha value is -1.29. The first-order valence-electron chi connectivity index (χ1n) is 3.83. The molecule has 0 aliphatic rings. The van der Waals surface area contributed by atoms with Crippen molar-refractivity contribution in [1.82, 2.24) is 0 Å². The minimum atomic E-state index is -0.363. The van der Waals surface area contributed by atoms with E-state index in [9.17, 15) is 4.39 Å². The van der Waals surface area contributed by atoms with Crippen molar-refractivity contribution < 1.29 is 4.39 Å². The Morgan fingerprint density at radius 3 is 2.36 bits per heavy atom. The molecular weight excluding hydrogens is 205 g/mol. The van der Waals surface area contributed by atoms with Gasteiger partial charge in [0.2, 0.25) is 0 Å². The summed E-state index contributed by atoms with van der Waals surface area (Å²) in [7, 11) is 3.51. The van der Waals surface area contributed by atoms with Gasteiger partial charge >= 0.3 is 0 Å². The second kappa shape index (κ2) is 4.81. The summed E-state index contributed by atoms with van der Waals surface area (Å²) in [6.45, 7) is 0. The number of nitrogen functional groups attached to an aromatic ring is 1. The zero-order valence-electron chi connectivity index (χ0n) is 8.04. The predicted octanol–water partition coefficient (Wildman–Crippen LogP) is 1.60. The second-order valence-electron chi connectivity index (χ2n) is 2.97. The summed E-state index contributed by atoms with van der Waals surface area (Å²) in [6.07, 6.45) is 0. The minimum Gasteiger partial charge on any atom is -0.384 e. The molecule has 0 spiro atoms. The Labute approximate surface area is 88.6 Å². The van der Waals surface area contributed by atoms with Crippen molar-refractivity contribution >= 4 is 23.9 Å². The lowest BCUT2D eigenvalue weighted by atomic mass is 10.2. The number of rotatable bonds is 2. The zero-order valence-corrected chi connectivity index (χ0v) is 8.86. The summed E-state index contributed by atoms with van der Waals surface area (Å²) in [6, 6.07) is 4.49. The summed E-state index contributed by atoms with van der Waals surface area (Å²) in [4.78, 5) is 1.67. The quantitative estimate of drug-likeness (QED) is 0.584. The van der Waals surface area contributed by atoms with Crippen molar-refractivity contribution in [3.05, 3.63) is 29.6 Å². The highest BCUT2D eigenvalue weighted by atomic mass is 35.5. The summed E-state index contributed by atoms with van der Waals surface area (Å²) in [5.74, 6) is -0.484. The van der Waals surface area contributed by atoms with Crippen LogP contribution in [0.15, 0.2) is 18.2 Å². The molecular formula is C9H13ClFN3. The van der Waals surface area contributed by atoms with Gasteiger partial charge in [0.25, 0.3) is 0 Å². The highest BCUT2D eigenvalue weighted by Crippen LogP contribution is 2.17. The van der Waals surface area contributed by atoms with Gasteiger partial charge in [0, 0.05) is 19.7 Å². The van der Waals surface area contributed by atoms with Crippen LogP contribution in [0, 0.1) is 11.2 Å². The first kappa shape index (κ1) is 12.7. The molecule has 1 aromatic rings. The number of hydrogen-bond acceptors (Lipinski definition) is 2. The molecule has 3 nitrogen and oxygen atoms in total. The van der Waals surface area contributed by atoms with E-state index >= 15 is 0 Å². The molecule has 0 radical (unpaired) electrons. The zero-order chi connectivity index (χ0) is 10.0. The van der Waals surface area contributed by atoms with Crippen LogP contribution in [0.4, 0.5) is 10.1 Å². The first-order valence-corrected chi connectivity index (χ1v) is 3.83. The number of halogens is 2. The molecule has 1 aromatic carbocycles. The molecule has 0 aromatic heterocycles. The predicted molar refractivity (Wildman–Crippen MR) is 59.0 cm³/mol. The smallest absolute Gasteiger partial charge is 0.147 e. The van der Waals surface area contributed by atoms with Crippen LogP contribution in [-0.2, 0) is 0 Å². The number of hydrogen-bond donors (Lipinski definition) is 2. The van der Waals surface area contributed by atoms with Gasteiger partial charge in [0.1, 0.15) is 11.7 Å². The number of amidine groups is 1. The molecule has 0 saturated heterocycles. The van der Waals surface area contributed by atoms with Crippen LogP contribution < -0.4 is 10.6 Å². The molecule has 1 rings (SSSR count). The third-order valence-corrected chi connectivity index (χ3v) is 1.74. The SMILES string of the molecule is CN(C)c1ccc(C(=N)N)cc1F.Cl. The van der Waals surface area contributed by atoms with Crippen molar-refractivity contribution in [3.63, 3.8) is 0 Å². The fourth-order valence-electron chi connectivity index (χ4n) is 1.04. The monoisotopic (exact) mass is 217 g/mol. The van der Waals surface area contributed by atoms with Crippen LogP contribution in [-0.4, -0.2) is 19.9 Å². The standard InChI is InChI=1S/C9H12FN3.ClH/c1-13(2)8-4-3-6(9(11)12)5-7(8)10;/h3-5H,1-2H3,(H3,11,12);1H. The Morgan fingerprint density at radius 2 is 2.00 bits per heavy atom. The van der Waals surface area contributed by atoms with Gasteiger partial charge in [-0.15, -0.1) is 12.4 Å². The molecule has 0 atom stereocenters. The minimum absolute atomic E-state index is 0. The summed E-state index contributed by atoms with van der Waals surface area (Å²) in [5.41, 5.74) is 6.11. The van der Waals surface area contributed by atoms with Gasteiger partial charge in [-0.3, -0.25) is 5.41 Å². The normalized spacial score (nSPS) is 9.07. The Balaban J connectivity index is 0.00000169. The van der Waals surface area contributed by atoms with Gasteiger partial charge in [-0.25, -0.2) is 4.39 Å².